The molecule has 1 atom stereocenters. The summed E-state index contributed by atoms with van der Waals surface area (Å²) < 4.78 is 7.96. The average Bonchev–Trinajstić information content (AvgIpc) is 3.12. The second-order valence-corrected chi connectivity index (χ2v) is 7.76. The molecule has 29 heavy (non-hydrogen) atoms. The lowest BCUT2D eigenvalue weighted by Gasteiger charge is -2.15. The van der Waals surface area contributed by atoms with E-state index in [0.717, 1.165) is 22.8 Å². The van der Waals surface area contributed by atoms with Gasteiger partial charge in [-0.3, -0.25) is 4.79 Å². The number of aromatic nitrogens is 3. The number of hydrogen-bond acceptors (Lipinski definition) is 5. The second-order valence-electron chi connectivity index (χ2n) is 6.81. The molecule has 0 spiro atoms. The highest BCUT2D eigenvalue weighted by molar-refractivity contribution is 7.99. The van der Waals surface area contributed by atoms with Crippen LogP contribution in [0, 0.1) is 13.8 Å². The van der Waals surface area contributed by atoms with Crippen LogP contribution in [0.2, 0.25) is 0 Å². The number of anilines is 1. The number of amides is 1. The number of ether oxygens (including phenoxy) is 1. The largest absolute Gasteiger partial charge is 0.483 e. The molecular weight excluding hydrogens is 384 g/mol. The van der Waals surface area contributed by atoms with Gasteiger partial charge in [-0.1, -0.05) is 47.7 Å². The van der Waals surface area contributed by atoms with Gasteiger partial charge in [0.1, 0.15) is 5.75 Å². The van der Waals surface area contributed by atoms with Gasteiger partial charge < -0.3 is 14.6 Å². The monoisotopic (exact) mass is 410 g/mol. The Bertz CT molecular complexity index is 972. The number of benzene rings is 2. The van der Waals surface area contributed by atoms with Gasteiger partial charge in [0.05, 0.1) is 5.75 Å². The number of carbonyl (C=O) groups excluding carboxylic acids is 1. The minimum atomic E-state index is -0.247. The quantitative estimate of drug-likeness (QED) is 0.541. The van der Waals surface area contributed by atoms with Crippen molar-refractivity contribution in [3.05, 3.63) is 65.5 Å². The van der Waals surface area contributed by atoms with Gasteiger partial charge in [-0.15, -0.1) is 10.2 Å². The standard InChI is InChI=1S/C22H26N4O2S/c1-5-26-21(17(4)28-18-9-7-6-8-10-18)24-25-22(26)29-14-20(27)23-19-12-11-15(2)13-16(19)3/h6-13,17H,5,14H2,1-4H3,(H,23,27)/t17-/m0/s1. The fourth-order valence-electron chi connectivity index (χ4n) is 3.03. The van der Waals surface area contributed by atoms with Crippen molar-refractivity contribution in [2.75, 3.05) is 11.1 Å². The minimum absolute atomic E-state index is 0.0669. The predicted molar refractivity (Wildman–Crippen MR) is 116 cm³/mol. The maximum absolute atomic E-state index is 12.4. The number of para-hydroxylation sites is 1. The molecule has 2 aromatic carbocycles. The third-order valence-electron chi connectivity index (χ3n) is 4.47. The van der Waals surface area contributed by atoms with Crippen molar-refractivity contribution in [2.24, 2.45) is 0 Å². The van der Waals surface area contributed by atoms with E-state index in [2.05, 4.69) is 21.6 Å². The van der Waals surface area contributed by atoms with Crippen LogP contribution in [-0.2, 0) is 11.3 Å². The third kappa shape index (κ3) is 5.38. The molecule has 0 saturated heterocycles. The number of nitrogens with zero attached hydrogens (tertiary/aromatic N) is 3. The first-order valence-corrected chi connectivity index (χ1v) is 10.6. The second kappa shape index (κ2) is 9.60. The highest BCUT2D eigenvalue weighted by Crippen LogP contribution is 2.25. The van der Waals surface area contributed by atoms with E-state index in [-0.39, 0.29) is 17.8 Å². The van der Waals surface area contributed by atoms with Crippen molar-refractivity contribution in [3.63, 3.8) is 0 Å². The molecule has 7 heteroatoms. The summed E-state index contributed by atoms with van der Waals surface area (Å²) in [6.45, 7) is 8.70. The Morgan fingerprint density at radius 2 is 1.93 bits per heavy atom. The minimum Gasteiger partial charge on any atom is -0.483 e. The molecule has 0 fully saturated rings. The summed E-state index contributed by atoms with van der Waals surface area (Å²) in [4.78, 5) is 12.4. The fourth-order valence-corrected chi connectivity index (χ4v) is 3.84. The van der Waals surface area contributed by atoms with Crippen LogP contribution >= 0.6 is 11.8 Å². The highest BCUT2D eigenvalue weighted by atomic mass is 32.2. The van der Waals surface area contributed by atoms with E-state index >= 15 is 0 Å². The van der Waals surface area contributed by atoms with E-state index in [1.165, 1.54) is 17.3 Å². The van der Waals surface area contributed by atoms with Gasteiger partial charge in [-0.25, -0.2) is 0 Å². The first kappa shape index (κ1) is 20.9. The number of nitrogens with one attached hydrogen (secondary N) is 1. The number of rotatable bonds is 8. The zero-order valence-corrected chi connectivity index (χ0v) is 18.0. The van der Waals surface area contributed by atoms with Gasteiger partial charge in [0, 0.05) is 12.2 Å². The Morgan fingerprint density at radius 3 is 2.62 bits per heavy atom. The van der Waals surface area contributed by atoms with Gasteiger partial charge in [0.15, 0.2) is 17.1 Å². The van der Waals surface area contributed by atoms with E-state index in [0.29, 0.717) is 11.7 Å². The molecule has 3 aromatic rings. The molecule has 0 aliphatic heterocycles. The molecule has 0 aliphatic carbocycles. The molecule has 3 rings (SSSR count). The molecule has 1 aromatic heterocycles. The molecule has 1 N–H and O–H groups in total. The fraction of sp³-hybridized carbons (Fsp3) is 0.318. The Labute approximate surface area is 175 Å². The number of hydrogen-bond donors (Lipinski definition) is 1. The highest BCUT2D eigenvalue weighted by Gasteiger charge is 2.19. The predicted octanol–water partition coefficient (Wildman–Crippen LogP) is 4.79. The van der Waals surface area contributed by atoms with Gasteiger partial charge >= 0.3 is 0 Å². The molecule has 0 aliphatic rings. The van der Waals surface area contributed by atoms with Crippen LogP contribution in [0.15, 0.2) is 53.7 Å². The van der Waals surface area contributed by atoms with Crippen LogP contribution < -0.4 is 10.1 Å². The van der Waals surface area contributed by atoms with Crippen molar-refractivity contribution in [2.45, 2.75) is 45.5 Å². The van der Waals surface area contributed by atoms with Crippen LogP contribution in [0.25, 0.3) is 0 Å². The van der Waals surface area contributed by atoms with E-state index in [1.54, 1.807) is 0 Å². The summed E-state index contributed by atoms with van der Waals surface area (Å²) >= 11 is 1.37. The lowest BCUT2D eigenvalue weighted by Crippen LogP contribution is -2.16. The lowest BCUT2D eigenvalue weighted by atomic mass is 10.1. The summed E-state index contributed by atoms with van der Waals surface area (Å²) in [5.41, 5.74) is 3.06. The molecule has 6 nitrogen and oxygen atoms in total. The van der Waals surface area contributed by atoms with E-state index < -0.39 is 0 Å². The van der Waals surface area contributed by atoms with Crippen molar-refractivity contribution in [1.29, 1.82) is 0 Å². The van der Waals surface area contributed by atoms with Gasteiger partial charge in [0.25, 0.3) is 0 Å². The molecule has 1 heterocycles. The molecule has 152 valence electrons. The maximum Gasteiger partial charge on any atom is 0.234 e. The van der Waals surface area contributed by atoms with Crippen molar-refractivity contribution < 1.29 is 9.53 Å². The molecule has 0 unspecified atom stereocenters. The number of carbonyl (C=O) groups is 1. The third-order valence-corrected chi connectivity index (χ3v) is 5.44. The van der Waals surface area contributed by atoms with Crippen LogP contribution in [0.3, 0.4) is 0 Å². The van der Waals surface area contributed by atoms with E-state index in [9.17, 15) is 4.79 Å². The molecular formula is C22H26N4O2S. The van der Waals surface area contributed by atoms with Gasteiger partial charge in [0.2, 0.25) is 5.91 Å². The molecule has 0 bridgehead atoms. The van der Waals surface area contributed by atoms with E-state index in [1.807, 2.05) is 74.7 Å². The topological polar surface area (TPSA) is 69.0 Å². The normalized spacial score (nSPS) is 11.9. The maximum atomic E-state index is 12.4. The Balaban J connectivity index is 1.63. The SMILES string of the molecule is CCn1c(SCC(=O)Nc2ccc(C)cc2C)nnc1[C@H](C)Oc1ccccc1. The summed E-state index contributed by atoms with van der Waals surface area (Å²) in [5, 5.41) is 12.3. The molecule has 0 saturated carbocycles. The van der Waals surface area contributed by atoms with Crippen molar-refractivity contribution >= 4 is 23.4 Å². The van der Waals surface area contributed by atoms with Crippen LogP contribution in [0.4, 0.5) is 5.69 Å². The van der Waals surface area contributed by atoms with Crippen LogP contribution in [-0.4, -0.2) is 26.4 Å². The molecule has 0 radical (unpaired) electrons. The van der Waals surface area contributed by atoms with Crippen LogP contribution in [0.5, 0.6) is 5.75 Å². The summed E-state index contributed by atoms with van der Waals surface area (Å²) in [6.07, 6.45) is -0.247. The first-order valence-electron chi connectivity index (χ1n) is 9.62. The zero-order valence-electron chi connectivity index (χ0n) is 17.2. The van der Waals surface area contributed by atoms with Crippen molar-refractivity contribution in [3.8, 4) is 5.75 Å². The number of aryl methyl sites for hydroxylation is 2. The van der Waals surface area contributed by atoms with E-state index in [4.69, 9.17) is 4.74 Å². The first-order chi connectivity index (χ1) is 14.0. The average molecular weight is 411 g/mol. The van der Waals surface area contributed by atoms with Gasteiger partial charge in [-0.05, 0) is 51.5 Å². The summed E-state index contributed by atoms with van der Waals surface area (Å²) in [6, 6.07) is 15.6. The van der Waals surface area contributed by atoms with Crippen LogP contribution in [0.1, 0.15) is 36.9 Å². The Morgan fingerprint density at radius 1 is 1.17 bits per heavy atom. The molecule has 1 amide bonds. The summed E-state index contributed by atoms with van der Waals surface area (Å²) in [7, 11) is 0. The number of thioether (sulfide) groups is 1. The summed E-state index contributed by atoms with van der Waals surface area (Å²) in [5.74, 6) is 1.73. The van der Waals surface area contributed by atoms with Crippen molar-refractivity contribution in [1.82, 2.24) is 14.8 Å². The Kier molecular flexibility index (Phi) is 6.93. The lowest BCUT2D eigenvalue weighted by molar-refractivity contribution is -0.113. The van der Waals surface area contributed by atoms with Gasteiger partial charge in [-0.2, -0.15) is 0 Å². The smallest absolute Gasteiger partial charge is 0.234 e. The Hall–Kier alpha value is -2.80. The zero-order chi connectivity index (χ0) is 20.8.